The van der Waals surface area contributed by atoms with Gasteiger partial charge in [0.2, 0.25) is 0 Å². The van der Waals surface area contributed by atoms with Crippen molar-refractivity contribution in [2.45, 2.75) is 19.3 Å². The summed E-state index contributed by atoms with van der Waals surface area (Å²) in [6.07, 6.45) is 5.07. The quantitative estimate of drug-likeness (QED) is 0.821. The molecule has 0 atom stereocenters. The van der Waals surface area contributed by atoms with Gasteiger partial charge in [-0.05, 0) is 49.4 Å². The van der Waals surface area contributed by atoms with E-state index in [0.717, 1.165) is 25.8 Å². The Morgan fingerprint density at radius 1 is 1.17 bits per heavy atom. The zero-order chi connectivity index (χ0) is 13.0. The maximum absolute atomic E-state index is 5.54. The highest BCUT2D eigenvalue weighted by molar-refractivity contribution is 5.87. The van der Waals surface area contributed by atoms with Gasteiger partial charge < -0.3 is 10.6 Å². The molecule has 0 aliphatic rings. The van der Waals surface area contributed by atoms with Crippen LogP contribution in [0.15, 0.2) is 30.5 Å². The zero-order valence-corrected chi connectivity index (χ0v) is 11.2. The maximum Gasteiger partial charge on any atom is 0.0482 e. The van der Waals surface area contributed by atoms with Crippen molar-refractivity contribution in [3.63, 3.8) is 0 Å². The second-order valence-electron chi connectivity index (χ2n) is 4.80. The third-order valence-corrected chi connectivity index (χ3v) is 3.22. The first-order chi connectivity index (χ1) is 8.72. The van der Waals surface area contributed by atoms with Crippen molar-refractivity contribution in [1.29, 1.82) is 0 Å². The average Bonchev–Trinajstić information content (AvgIpc) is 2.38. The van der Waals surface area contributed by atoms with Crippen LogP contribution in [0.3, 0.4) is 0 Å². The van der Waals surface area contributed by atoms with Crippen LogP contribution in [-0.4, -0.2) is 25.6 Å². The molecule has 0 fully saturated rings. The number of nitrogens with two attached hydrogens (primary N) is 1. The molecule has 1 aromatic carbocycles. The molecule has 0 saturated carbocycles. The number of hydrogen-bond donors (Lipinski definition) is 1. The Morgan fingerprint density at radius 3 is 2.72 bits per heavy atom. The van der Waals surface area contributed by atoms with Crippen LogP contribution in [-0.2, 0) is 6.42 Å². The summed E-state index contributed by atoms with van der Waals surface area (Å²) in [6, 6.07) is 8.60. The minimum Gasteiger partial charge on any atom is -0.378 e. The Morgan fingerprint density at radius 2 is 2.00 bits per heavy atom. The molecule has 0 aliphatic heterocycles. The monoisotopic (exact) mass is 243 g/mol. The lowest BCUT2D eigenvalue weighted by Gasteiger charge is -2.14. The lowest BCUT2D eigenvalue weighted by Crippen LogP contribution is -2.08. The van der Waals surface area contributed by atoms with E-state index in [-0.39, 0.29) is 0 Å². The Balaban J connectivity index is 2.36. The molecule has 96 valence electrons. The van der Waals surface area contributed by atoms with Gasteiger partial charge in [0.05, 0.1) is 0 Å². The van der Waals surface area contributed by atoms with Crippen LogP contribution < -0.4 is 10.6 Å². The molecule has 2 rings (SSSR count). The molecule has 18 heavy (non-hydrogen) atoms. The number of aromatic nitrogens is 1. The summed E-state index contributed by atoms with van der Waals surface area (Å²) in [6.45, 7) is 0.758. The number of fused-ring (bicyclic) bond motifs is 1. The van der Waals surface area contributed by atoms with E-state index in [2.05, 4.69) is 48.2 Å². The molecule has 0 aliphatic carbocycles. The predicted molar refractivity (Wildman–Crippen MR) is 78.1 cm³/mol. The van der Waals surface area contributed by atoms with Crippen LogP contribution in [0.25, 0.3) is 10.8 Å². The first-order valence-corrected chi connectivity index (χ1v) is 6.47. The van der Waals surface area contributed by atoms with Crippen LogP contribution in [0.1, 0.15) is 18.5 Å². The lowest BCUT2D eigenvalue weighted by molar-refractivity contribution is 0.736. The fraction of sp³-hybridized carbons (Fsp3) is 0.400. The van der Waals surface area contributed by atoms with Gasteiger partial charge in [-0.2, -0.15) is 0 Å². The molecule has 0 radical (unpaired) electrons. The van der Waals surface area contributed by atoms with Crippen molar-refractivity contribution in [2.24, 2.45) is 5.73 Å². The second kappa shape index (κ2) is 5.83. The van der Waals surface area contributed by atoms with Gasteiger partial charge in [-0.1, -0.05) is 6.07 Å². The van der Waals surface area contributed by atoms with Gasteiger partial charge in [-0.3, -0.25) is 4.98 Å². The minimum absolute atomic E-state index is 0.758. The van der Waals surface area contributed by atoms with Crippen LogP contribution in [0, 0.1) is 0 Å². The summed E-state index contributed by atoms with van der Waals surface area (Å²) in [5.41, 5.74) is 7.95. The van der Waals surface area contributed by atoms with Gasteiger partial charge in [0.1, 0.15) is 0 Å². The fourth-order valence-electron chi connectivity index (χ4n) is 2.13. The first kappa shape index (κ1) is 12.8. The Kier molecular flexibility index (Phi) is 4.15. The molecule has 3 heteroatoms. The Bertz CT molecular complexity index is 520. The average molecular weight is 243 g/mol. The number of nitrogens with zero attached hydrogens (tertiary/aromatic N) is 2. The summed E-state index contributed by atoms with van der Waals surface area (Å²) in [4.78, 5) is 6.64. The fourth-order valence-corrected chi connectivity index (χ4v) is 2.13. The molecule has 2 aromatic rings. The van der Waals surface area contributed by atoms with E-state index in [1.54, 1.807) is 0 Å². The Hall–Kier alpha value is -1.61. The van der Waals surface area contributed by atoms with E-state index in [1.165, 1.54) is 22.2 Å². The van der Waals surface area contributed by atoms with E-state index >= 15 is 0 Å². The minimum atomic E-state index is 0.758. The number of anilines is 1. The Labute approximate surface area is 109 Å². The smallest absolute Gasteiger partial charge is 0.0482 e. The molecular formula is C15H21N3. The zero-order valence-electron chi connectivity index (χ0n) is 11.2. The molecular weight excluding hydrogens is 222 g/mol. The molecule has 0 unspecified atom stereocenters. The molecule has 0 spiro atoms. The molecule has 0 saturated heterocycles. The second-order valence-corrected chi connectivity index (χ2v) is 4.80. The highest BCUT2D eigenvalue weighted by atomic mass is 15.1. The van der Waals surface area contributed by atoms with Crippen molar-refractivity contribution in [3.05, 3.63) is 36.2 Å². The van der Waals surface area contributed by atoms with E-state index in [9.17, 15) is 0 Å². The number of pyridine rings is 1. The highest BCUT2D eigenvalue weighted by Gasteiger charge is 2.04. The van der Waals surface area contributed by atoms with Crippen molar-refractivity contribution in [2.75, 3.05) is 25.5 Å². The summed E-state index contributed by atoms with van der Waals surface area (Å²) in [5, 5.41) is 2.53. The molecule has 1 aromatic heterocycles. The maximum atomic E-state index is 5.54. The van der Waals surface area contributed by atoms with Crippen molar-refractivity contribution in [3.8, 4) is 0 Å². The van der Waals surface area contributed by atoms with Gasteiger partial charge in [-0.15, -0.1) is 0 Å². The SMILES string of the molecule is CN(C)c1ccc2ccnc(CCCCN)c2c1. The van der Waals surface area contributed by atoms with E-state index in [1.807, 2.05) is 6.20 Å². The third kappa shape index (κ3) is 2.79. The van der Waals surface area contributed by atoms with Crippen LogP contribution in [0.5, 0.6) is 0 Å². The van der Waals surface area contributed by atoms with Crippen LogP contribution in [0.2, 0.25) is 0 Å². The molecule has 0 bridgehead atoms. The predicted octanol–water partition coefficient (Wildman–Crippen LogP) is 2.58. The van der Waals surface area contributed by atoms with E-state index < -0.39 is 0 Å². The van der Waals surface area contributed by atoms with Crippen molar-refractivity contribution in [1.82, 2.24) is 4.98 Å². The summed E-state index contributed by atoms with van der Waals surface area (Å²) in [7, 11) is 4.12. The van der Waals surface area contributed by atoms with Gasteiger partial charge in [-0.25, -0.2) is 0 Å². The number of hydrogen-bond acceptors (Lipinski definition) is 3. The van der Waals surface area contributed by atoms with Gasteiger partial charge in [0.15, 0.2) is 0 Å². The van der Waals surface area contributed by atoms with E-state index in [0.29, 0.717) is 0 Å². The lowest BCUT2D eigenvalue weighted by atomic mass is 10.0. The summed E-state index contributed by atoms with van der Waals surface area (Å²) >= 11 is 0. The largest absolute Gasteiger partial charge is 0.378 e. The number of benzene rings is 1. The number of rotatable bonds is 5. The standard InChI is InChI=1S/C15H21N3/c1-18(2)13-7-6-12-8-10-17-15(14(12)11-13)5-3-4-9-16/h6-8,10-11H,3-5,9,16H2,1-2H3. The molecule has 2 N–H and O–H groups in total. The van der Waals surface area contributed by atoms with Gasteiger partial charge >= 0.3 is 0 Å². The summed E-state index contributed by atoms with van der Waals surface area (Å²) in [5.74, 6) is 0. The van der Waals surface area contributed by atoms with Crippen LogP contribution >= 0.6 is 0 Å². The van der Waals surface area contributed by atoms with Gasteiger partial charge in [0.25, 0.3) is 0 Å². The van der Waals surface area contributed by atoms with Gasteiger partial charge in [0, 0.05) is 37.1 Å². The topological polar surface area (TPSA) is 42.2 Å². The highest BCUT2D eigenvalue weighted by Crippen LogP contribution is 2.23. The molecule has 0 amide bonds. The first-order valence-electron chi connectivity index (χ1n) is 6.47. The van der Waals surface area contributed by atoms with Crippen LogP contribution in [0.4, 0.5) is 5.69 Å². The van der Waals surface area contributed by atoms with Crippen molar-refractivity contribution >= 4 is 16.5 Å². The summed E-state index contributed by atoms with van der Waals surface area (Å²) < 4.78 is 0. The number of aryl methyl sites for hydroxylation is 1. The number of unbranched alkanes of at least 4 members (excludes halogenated alkanes) is 1. The molecule has 1 heterocycles. The normalized spacial score (nSPS) is 10.8. The molecule has 3 nitrogen and oxygen atoms in total. The van der Waals surface area contributed by atoms with Crippen molar-refractivity contribution < 1.29 is 0 Å². The van der Waals surface area contributed by atoms with E-state index in [4.69, 9.17) is 5.73 Å². The third-order valence-electron chi connectivity index (χ3n) is 3.22.